The van der Waals surface area contributed by atoms with Crippen molar-refractivity contribution in [3.05, 3.63) is 155 Å². The minimum atomic E-state index is -0.566. The number of aliphatic hydroxyl groups excluding tert-OH is 1. The van der Waals surface area contributed by atoms with E-state index in [0.29, 0.717) is 18.5 Å². The van der Waals surface area contributed by atoms with Crippen LogP contribution in [0.15, 0.2) is 132 Å². The van der Waals surface area contributed by atoms with Crippen LogP contribution in [0.1, 0.15) is 58.4 Å². The van der Waals surface area contributed by atoms with Gasteiger partial charge in [-0.25, -0.2) is 0 Å². The van der Waals surface area contributed by atoms with E-state index in [1.807, 2.05) is 97.1 Å². The number of carbonyl (C=O) groups is 2. The molecule has 1 heterocycles. The summed E-state index contributed by atoms with van der Waals surface area (Å²) >= 11 is 1.71. The van der Waals surface area contributed by atoms with Crippen LogP contribution in [0, 0.1) is 0 Å². The Bertz CT molecular complexity index is 1810. The van der Waals surface area contributed by atoms with E-state index in [1.54, 1.807) is 23.9 Å². The van der Waals surface area contributed by atoms with Gasteiger partial charge in [0.15, 0.2) is 6.29 Å². The SMILES string of the molecule is CC(=O)Nc1ccc(SC[C@H]2C[C@@H](c3ccc(CO)cc3)O[C@@H](c3ccc(-c4ccccc4CNC(=O)c4ccccc4)cc3)O2)cc1. The molecule has 0 radical (unpaired) electrons. The van der Waals surface area contributed by atoms with E-state index in [-0.39, 0.29) is 30.6 Å². The lowest BCUT2D eigenvalue weighted by atomic mass is 9.97. The van der Waals surface area contributed by atoms with Gasteiger partial charge in [0, 0.05) is 47.4 Å². The summed E-state index contributed by atoms with van der Waals surface area (Å²) in [4.78, 5) is 25.2. The van der Waals surface area contributed by atoms with E-state index in [4.69, 9.17) is 9.47 Å². The molecule has 244 valence electrons. The van der Waals surface area contributed by atoms with Gasteiger partial charge in [0.25, 0.3) is 5.91 Å². The first-order valence-corrected chi connectivity index (χ1v) is 17.0. The molecule has 6 rings (SSSR count). The van der Waals surface area contributed by atoms with Gasteiger partial charge in [-0.3, -0.25) is 9.59 Å². The van der Waals surface area contributed by atoms with Crippen molar-refractivity contribution < 1.29 is 24.2 Å². The largest absolute Gasteiger partial charge is 0.392 e. The average Bonchev–Trinajstić information content (AvgIpc) is 3.14. The van der Waals surface area contributed by atoms with Crippen molar-refractivity contribution in [1.82, 2.24) is 5.32 Å². The Morgan fingerprint density at radius 3 is 2.19 bits per heavy atom. The van der Waals surface area contributed by atoms with Crippen LogP contribution < -0.4 is 10.6 Å². The maximum Gasteiger partial charge on any atom is 0.251 e. The Hall–Kier alpha value is -4.73. The third kappa shape index (κ3) is 8.59. The second-order valence-electron chi connectivity index (χ2n) is 11.7. The van der Waals surface area contributed by atoms with Gasteiger partial charge in [-0.1, -0.05) is 91.0 Å². The number of anilines is 1. The second kappa shape index (κ2) is 15.9. The molecule has 1 aliphatic heterocycles. The van der Waals surface area contributed by atoms with Crippen molar-refractivity contribution in [2.45, 2.75) is 49.9 Å². The third-order valence-corrected chi connectivity index (χ3v) is 9.36. The van der Waals surface area contributed by atoms with Crippen molar-refractivity contribution in [2.24, 2.45) is 0 Å². The summed E-state index contributed by atoms with van der Waals surface area (Å²) in [7, 11) is 0. The normalized spacial score (nSPS) is 17.4. The number of nitrogens with one attached hydrogen (secondary N) is 2. The molecule has 0 aliphatic carbocycles. The molecular weight excluding hydrogens is 621 g/mol. The number of rotatable bonds is 11. The lowest BCUT2D eigenvalue weighted by Crippen LogP contribution is -2.31. The zero-order valence-corrected chi connectivity index (χ0v) is 27.5. The van der Waals surface area contributed by atoms with Crippen LogP contribution in [0.25, 0.3) is 11.1 Å². The smallest absolute Gasteiger partial charge is 0.251 e. The number of ether oxygens (including phenoxy) is 2. The van der Waals surface area contributed by atoms with Gasteiger partial charge in [-0.05, 0) is 64.2 Å². The summed E-state index contributed by atoms with van der Waals surface area (Å²) in [6.45, 7) is 1.90. The van der Waals surface area contributed by atoms with Gasteiger partial charge in [-0.15, -0.1) is 11.8 Å². The average molecular weight is 659 g/mol. The Morgan fingerprint density at radius 2 is 1.48 bits per heavy atom. The number of aliphatic hydroxyl groups is 1. The molecule has 0 saturated carbocycles. The van der Waals surface area contributed by atoms with E-state index in [1.165, 1.54) is 6.92 Å². The van der Waals surface area contributed by atoms with Crippen LogP contribution in [0.2, 0.25) is 0 Å². The number of benzene rings is 5. The zero-order chi connectivity index (χ0) is 33.3. The maximum atomic E-state index is 12.7. The van der Waals surface area contributed by atoms with Gasteiger partial charge in [0.2, 0.25) is 5.91 Å². The molecule has 1 saturated heterocycles. The molecule has 1 aliphatic rings. The highest BCUT2D eigenvalue weighted by Gasteiger charge is 2.32. The lowest BCUT2D eigenvalue weighted by Gasteiger charge is -2.36. The molecule has 0 spiro atoms. The maximum absolute atomic E-state index is 12.7. The summed E-state index contributed by atoms with van der Waals surface area (Å²) in [5.74, 6) is 0.521. The topological polar surface area (TPSA) is 96.9 Å². The van der Waals surface area contributed by atoms with Gasteiger partial charge in [-0.2, -0.15) is 0 Å². The lowest BCUT2D eigenvalue weighted by molar-refractivity contribution is -0.245. The summed E-state index contributed by atoms with van der Waals surface area (Å²) < 4.78 is 13.1. The molecule has 5 aromatic rings. The highest BCUT2D eigenvalue weighted by atomic mass is 32.2. The van der Waals surface area contributed by atoms with Gasteiger partial charge < -0.3 is 25.2 Å². The monoisotopic (exact) mass is 658 g/mol. The Labute approximate surface area is 285 Å². The summed E-state index contributed by atoms with van der Waals surface area (Å²) in [5.41, 5.74) is 7.31. The van der Waals surface area contributed by atoms with Crippen LogP contribution in [-0.4, -0.2) is 28.8 Å². The van der Waals surface area contributed by atoms with Crippen molar-refractivity contribution >= 4 is 29.3 Å². The predicted molar refractivity (Wildman–Crippen MR) is 189 cm³/mol. The number of amides is 2. The van der Waals surface area contributed by atoms with Crippen LogP contribution in [0.3, 0.4) is 0 Å². The molecule has 48 heavy (non-hydrogen) atoms. The molecule has 1 fully saturated rings. The van der Waals surface area contributed by atoms with E-state index in [9.17, 15) is 14.7 Å². The van der Waals surface area contributed by atoms with E-state index in [2.05, 4.69) is 28.8 Å². The van der Waals surface area contributed by atoms with Gasteiger partial charge in [0.05, 0.1) is 18.8 Å². The fourth-order valence-corrected chi connectivity index (χ4v) is 6.61. The molecule has 5 aromatic carbocycles. The highest BCUT2D eigenvalue weighted by Crippen LogP contribution is 2.40. The fraction of sp³-hybridized carbons (Fsp3) is 0.200. The molecular formula is C40H38N2O5S. The van der Waals surface area contributed by atoms with Crippen LogP contribution in [-0.2, 0) is 27.4 Å². The predicted octanol–water partition coefficient (Wildman–Crippen LogP) is 8.07. The second-order valence-corrected chi connectivity index (χ2v) is 12.8. The van der Waals surface area contributed by atoms with Crippen molar-refractivity contribution in [3.63, 3.8) is 0 Å². The molecule has 3 N–H and O–H groups in total. The molecule has 7 nitrogen and oxygen atoms in total. The first-order valence-electron chi connectivity index (χ1n) is 16.0. The van der Waals surface area contributed by atoms with Crippen LogP contribution >= 0.6 is 11.8 Å². The molecule has 0 unspecified atom stereocenters. The first-order chi connectivity index (χ1) is 23.4. The van der Waals surface area contributed by atoms with Crippen molar-refractivity contribution in [1.29, 1.82) is 0 Å². The Balaban J connectivity index is 1.17. The van der Waals surface area contributed by atoms with Crippen LogP contribution in [0.4, 0.5) is 5.69 Å². The number of carbonyl (C=O) groups excluding carboxylic acids is 2. The Morgan fingerprint density at radius 1 is 0.792 bits per heavy atom. The highest BCUT2D eigenvalue weighted by molar-refractivity contribution is 7.99. The van der Waals surface area contributed by atoms with Crippen LogP contribution in [0.5, 0.6) is 0 Å². The molecule has 3 atom stereocenters. The van der Waals surface area contributed by atoms with Crippen molar-refractivity contribution in [2.75, 3.05) is 11.1 Å². The van der Waals surface area contributed by atoms with E-state index in [0.717, 1.165) is 49.7 Å². The molecule has 8 heteroatoms. The molecule has 2 amide bonds. The zero-order valence-electron chi connectivity index (χ0n) is 26.7. The van der Waals surface area contributed by atoms with Gasteiger partial charge >= 0.3 is 0 Å². The van der Waals surface area contributed by atoms with Gasteiger partial charge in [0.1, 0.15) is 0 Å². The number of hydrogen-bond donors (Lipinski definition) is 3. The Kier molecular flexibility index (Phi) is 11.0. The van der Waals surface area contributed by atoms with Crippen molar-refractivity contribution in [3.8, 4) is 11.1 Å². The minimum absolute atomic E-state index is 0.00753. The summed E-state index contributed by atoms with van der Waals surface area (Å²) in [6.07, 6.45) is -0.146. The summed E-state index contributed by atoms with van der Waals surface area (Å²) in [6, 6.07) is 41.2. The number of hydrogen-bond acceptors (Lipinski definition) is 6. The number of thioether (sulfide) groups is 1. The minimum Gasteiger partial charge on any atom is -0.392 e. The molecule has 0 aromatic heterocycles. The quantitative estimate of drug-likeness (QED) is 0.124. The molecule has 0 bridgehead atoms. The van der Waals surface area contributed by atoms with E-state index < -0.39 is 6.29 Å². The standard InChI is InChI=1S/C40H38N2O5S/c1-27(44)42-34-19-21-36(22-20-34)48-26-35-23-38(30-13-11-28(25-43)12-14-30)47-40(46-35)32-17-15-29(16-18-32)37-10-6-5-9-33(37)24-41-39(45)31-7-3-2-4-8-31/h2-22,35,38,40,43H,23-26H2,1H3,(H,41,45)(H,42,44)/t35-,38+,40+/m1/s1. The third-order valence-electron chi connectivity index (χ3n) is 8.21. The summed E-state index contributed by atoms with van der Waals surface area (Å²) in [5, 5.41) is 15.4. The fourth-order valence-electron chi connectivity index (χ4n) is 5.69. The van der Waals surface area contributed by atoms with E-state index >= 15 is 0 Å². The first kappa shape index (κ1) is 33.2.